The summed E-state index contributed by atoms with van der Waals surface area (Å²) in [7, 11) is 1.45. The van der Waals surface area contributed by atoms with E-state index in [1.54, 1.807) is 12.1 Å². The zero-order chi connectivity index (χ0) is 18.7. The second-order valence-electron chi connectivity index (χ2n) is 6.05. The number of hydrogen-bond acceptors (Lipinski definition) is 3. The molecule has 0 aliphatic rings. The lowest BCUT2D eigenvalue weighted by Crippen LogP contribution is -1.99. The second kappa shape index (κ2) is 7.35. The fourth-order valence-corrected chi connectivity index (χ4v) is 2.55. The van der Waals surface area contributed by atoms with Crippen LogP contribution in [-0.4, -0.2) is 23.1 Å². The lowest BCUT2D eigenvalue weighted by molar-refractivity contribution is 0.104. The van der Waals surface area contributed by atoms with E-state index in [0.29, 0.717) is 11.4 Å². The molecule has 1 N–H and O–H groups in total. The first-order valence-corrected chi connectivity index (χ1v) is 8.17. The third-order valence-electron chi connectivity index (χ3n) is 4.26. The summed E-state index contributed by atoms with van der Waals surface area (Å²) in [5, 5.41) is 7.15. The topological polar surface area (TPSA) is 55.0 Å². The van der Waals surface area contributed by atoms with Crippen LogP contribution in [0.1, 0.15) is 27.2 Å². The summed E-state index contributed by atoms with van der Waals surface area (Å²) in [5.41, 5.74) is 4.85. The lowest BCUT2D eigenvalue weighted by Gasteiger charge is -2.02. The number of allylic oxidation sites excluding steroid dienone is 1. The van der Waals surface area contributed by atoms with Crippen LogP contribution in [-0.2, 0) is 0 Å². The number of hydrogen-bond donors (Lipinski definition) is 1. The first-order valence-electron chi connectivity index (χ1n) is 8.17. The first kappa shape index (κ1) is 17.6. The maximum Gasteiger partial charge on any atom is 0.188 e. The summed E-state index contributed by atoms with van der Waals surface area (Å²) < 4.78 is 18.9. The molecule has 0 fully saturated rings. The maximum atomic E-state index is 14.0. The summed E-state index contributed by atoms with van der Waals surface area (Å²) >= 11 is 0. The van der Waals surface area contributed by atoms with E-state index in [1.165, 1.54) is 36.4 Å². The van der Waals surface area contributed by atoms with Gasteiger partial charge in [0.05, 0.1) is 24.1 Å². The Labute approximate surface area is 151 Å². The number of aromatic nitrogens is 2. The number of benzene rings is 2. The predicted octanol–water partition coefficient (Wildman–Crippen LogP) is 4.74. The number of halogens is 1. The first-order chi connectivity index (χ1) is 12.5. The molecule has 26 heavy (non-hydrogen) atoms. The second-order valence-corrected chi connectivity index (χ2v) is 6.05. The van der Waals surface area contributed by atoms with Gasteiger partial charge >= 0.3 is 0 Å². The minimum absolute atomic E-state index is 0.00375. The molecule has 0 aliphatic carbocycles. The normalized spacial score (nSPS) is 11.1. The van der Waals surface area contributed by atoms with E-state index in [4.69, 9.17) is 4.74 Å². The molecular formula is C21H19FN2O2. The Morgan fingerprint density at radius 2 is 1.92 bits per heavy atom. The van der Waals surface area contributed by atoms with Crippen molar-refractivity contribution in [3.63, 3.8) is 0 Å². The van der Waals surface area contributed by atoms with Crippen LogP contribution in [0.25, 0.3) is 17.3 Å². The van der Waals surface area contributed by atoms with Crippen LogP contribution < -0.4 is 4.74 Å². The monoisotopic (exact) mass is 350 g/mol. The van der Waals surface area contributed by atoms with Gasteiger partial charge in [-0.05, 0) is 61.4 Å². The van der Waals surface area contributed by atoms with Crippen molar-refractivity contribution in [3.8, 4) is 17.0 Å². The number of ether oxygens (including phenoxy) is 1. The van der Waals surface area contributed by atoms with Crippen molar-refractivity contribution in [1.29, 1.82) is 0 Å². The highest BCUT2D eigenvalue weighted by atomic mass is 19.1. The average molecular weight is 350 g/mol. The van der Waals surface area contributed by atoms with Gasteiger partial charge < -0.3 is 4.74 Å². The van der Waals surface area contributed by atoms with Crippen LogP contribution in [0.4, 0.5) is 4.39 Å². The molecule has 0 unspecified atom stereocenters. The van der Waals surface area contributed by atoms with Crippen molar-refractivity contribution >= 4 is 11.9 Å². The Balaban J connectivity index is 1.78. The summed E-state index contributed by atoms with van der Waals surface area (Å²) in [5.74, 6) is -0.665. The van der Waals surface area contributed by atoms with Crippen LogP contribution in [0.3, 0.4) is 0 Å². The molecule has 0 bridgehead atoms. The summed E-state index contributed by atoms with van der Waals surface area (Å²) in [6.45, 7) is 4.11. The number of aromatic amines is 1. The molecular weight excluding hydrogens is 331 g/mol. The molecule has 0 aliphatic heterocycles. The van der Waals surface area contributed by atoms with E-state index in [-0.39, 0.29) is 5.56 Å². The van der Waals surface area contributed by atoms with Gasteiger partial charge in [-0.3, -0.25) is 9.89 Å². The zero-order valence-corrected chi connectivity index (χ0v) is 14.8. The van der Waals surface area contributed by atoms with Gasteiger partial charge in [-0.25, -0.2) is 4.39 Å². The zero-order valence-electron chi connectivity index (χ0n) is 14.8. The van der Waals surface area contributed by atoms with Gasteiger partial charge in [-0.2, -0.15) is 5.10 Å². The van der Waals surface area contributed by atoms with Crippen molar-refractivity contribution in [2.45, 2.75) is 13.8 Å². The molecule has 0 saturated heterocycles. The number of ketones is 1. The van der Waals surface area contributed by atoms with Crippen LogP contribution >= 0.6 is 0 Å². The molecule has 3 rings (SSSR count). The quantitative estimate of drug-likeness (QED) is 0.534. The maximum absolute atomic E-state index is 14.0. The standard InChI is InChI=1S/C21H19FN2O2/c1-13-4-5-15(10-14(13)2)20-11-16(23-24-20)6-9-21(25)18-8-7-17(26-3)12-19(18)22/h4-12H,1-3H3,(H,23,24). The van der Waals surface area contributed by atoms with Crippen molar-refractivity contribution in [2.24, 2.45) is 0 Å². The largest absolute Gasteiger partial charge is 0.497 e. The van der Waals surface area contributed by atoms with Crippen LogP contribution in [0.2, 0.25) is 0 Å². The van der Waals surface area contributed by atoms with E-state index in [2.05, 4.69) is 23.2 Å². The fraction of sp³-hybridized carbons (Fsp3) is 0.143. The third kappa shape index (κ3) is 3.72. The van der Waals surface area contributed by atoms with Gasteiger partial charge in [-0.15, -0.1) is 0 Å². The minimum Gasteiger partial charge on any atom is -0.497 e. The van der Waals surface area contributed by atoms with E-state index in [9.17, 15) is 9.18 Å². The Morgan fingerprint density at radius 1 is 1.12 bits per heavy atom. The average Bonchev–Trinajstić information content (AvgIpc) is 3.11. The number of H-pyrrole nitrogens is 1. The van der Waals surface area contributed by atoms with Crippen molar-refractivity contribution in [2.75, 3.05) is 7.11 Å². The number of aryl methyl sites for hydroxylation is 2. The molecule has 4 nitrogen and oxygen atoms in total. The Hall–Kier alpha value is -3.21. The Bertz CT molecular complexity index is 989. The molecule has 2 aromatic carbocycles. The van der Waals surface area contributed by atoms with Gasteiger partial charge in [0.2, 0.25) is 0 Å². The molecule has 0 atom stereocenters. The lowest BCUT2D eigenvalue weighted by atomic mass is 10.0. The summed E-state index contributed by atoms with van der Waals surface area (Å²) in [6.07, 6.45) is 2.91. The molecule has 1 aromatic heterocycles. The van der Waals surface area contributed by atoms with Crippen molar-refractivity contribution in [1.82, 2.24) is 10.2 Å². The van der Waals surface area contributed by atoms with E-state index >= 15 is 0 Å². The SMILES string of the molecule is COc1ccc(C(=O)C=Cc2cc(-c3ccc(C)c(C)c3)n[nH]2)c(F)c1. The van der Waals surface area contributed by atoms with Gasteiger partial charge in [0.25, 0.3) is 0 Å². The van der Waals surface area contributed by atoms with Crippen LogP contribution in [0, 0.1) is 19.7 Å². The number of carbonyl (C=O) groups is 1. The van der Waals surface area contributed by atoms with Gasteiger partial charge in [0.1, 0.15) is 11.6 Å². The van der Waals surface area contributed by atoms with Gasteiger partial charge in [-0.1, -0.05) is 12.1 Å². The van der Waals surface area contributed by atoms with E-state index < -0.39 is 11.6 Å². The molecule has 0 radical (unpaired) electrons. The van der Waals surface area contributed by atoms with Crippen molar-refractivity contribution in [3.05, 3.63) is 76.7 Å². The number of carbonyl (C=O) groups excluding carboxylic acids is 1. The van der Waals surface area contributed by atoms with E-state index in [1.807, 2.05) is 25.1 Å². The smallest absolute Gasteiger partial charge is 0.188 e. The van der Waals surface area contributed by atoms with Crippen LogP contribution in [0.15, 0.2) is 48.5 Å². The van der Waals surface area contributed by atoms with Crippen molar-refractivity contribution < 1.29 is 13.9 Å². The predicted molar refractivity (Wildman–Crippen MR) is 99.8 cm³/mol. The molecule has 0 amide bonds. The van der Waals surface area contributed by atoms with Gasteiger partial charge in [0, 0.05) is 11.6 Å². The molecule has 0 spiro atoms. The highest BCUT2D eigenvalue weighted by Crippen LogP contribution is 2.22. The number of rotatable bonds is 5. The van der Waals surface area contributed by atoms with E-state index in [0.717, 1.165) is 11.3 Å². The highest BCUT2D eigenvalue weighted by molar-refractivity contribution is 6.07. The summed E-state index contributed by atoms with van der Waals surface area (Å²) in [4.78, 5) is 12.2. The Kier molecular flexibility index (Phi) is 4.98. The summed E-state index contributed by atoms with van der Waals surface area (Å²) in [6, 6.07) is 12.1. The fourth-order valence-electron chi connectivity index (χ4n) is 2.55. The molecule has 5 heteroatoms. The molecule has 3 aromatic rings. The van der Waals surface area contributed by atoms with Gasteiger partial charge in [0.15, 0.2) is 5.78 Å². The third-order valence-corrected chi connectivity index (χ3v) is 4.26. The molecule has 0 saturated carbocycles. The molecule has 132 valence electrons. The number of methoxy groups -OCH3 is 1. The molecule has 1 heterocycles. The number of nitrogens with one attached hydrogen (secondary N) is 1. The minimum atomic E-state index is -0.612. The number of nitrogens with zero attached hydrogens (tertiary/aromatic N) is 1. The van der Waals surface area contributed by atoms with Crippen LogP contribution in [0.5, 0.6) is 5.75 Å². The highest BCUT2D eigenvalue weighted by Gasteiger charge is 2.10. The Morgan fingerprint density at radius 3 is 2.62 bits per heavy atom.